The number of ether oxygens (including phenoxy) is 2. The van der Waals surface area contributed by atoms with E-state index < -0.39 is 18.1 Å². The average molecular weight is 277 g/mol. The van der Waals surface area contributed by atoms with Gasteiger partial charge in [0.25, 0.3) is 5.91 Å². The minimum absolute atomic E-state index is 0.126. The average Bonchev–Trinajstić information content (AvgIpc) is 2.42. The van der Waals surface area contributed by atoms with Gasteiger partial charge in [-0.2, -0.15) is 0 Å². The number of amides is 1. The molecule has 1 heterocycles. The Morgan fingerprint density at radius 3 is 2.50 bits per heavy atom. The van der Waals surface area contributed by atoms with E-state index in [1.54, 1.807) is 19.1 Å². The molecule has 5 nitrogen and oxygen atoms in total. The molecule has 1 fully saturated rings. The molecule has 20 heavy (non-hydrogen) atoms. The first-order chi connectivity index (χ1) is 9.56. The summed E-state index contributed by atoms with van der Waals surface area (Å²) < 4.78 is 10.6. The summed E-state index contributed by atoms with van der Waals surface area (Å²) in [4.78, 5) is 25.7. The number of nitrogens with zero attached hydrogens (tertiary/aromatic N) is 1. The quantitative estimate of drug-likeness (QED) is 0.608. The third kappa shape index (κ3) is 2.67. The number of rotatable bonds is 5. The van der Waals surface area contributed by atoms with E-state index in [0.29, 0.717) is 5.69 Å². The van der Waals surface area contributed by atoms with E-state index >= 15 is 0 Å². The molecule has 0 spiro atoms. The van der Waals surface area contributed by atoms with Crippen molar-refractivity contribution in [2.24, 2.45) is 0 Å². The minimum atomic E-state index is -0.755. The van der Waals surface area contributed by atoms with Gasteiger partial charge in [-0.15, -0.1) is 0 Å². The van der Waals surface area contributed by atoms with E-state index in [4.69, 9.17) is 9.47 Å². The first-order valence-electron chi connectivity index (χ1n) is 6.76. The predicted molar refractivity (Wildman–Crippen MR) is 74.4 cm³/mol. The predicted octanol–water partition coefficient (Wildman–Crippen LogP) is 1.76. The molecule has 1 saturated heterocycles. The molecular formula is C15H19NO4. The van der Waals surface area contributed by atoms with Gasteiger partial charge in [0.05, 0.1) is 12.7 Å². The maximum absolute atomic E-state index is 12.2. The van der Waals surface area contributed by atoms with Gasteiger partial charge in [0.1, 0.15) is 0 Å². The van der Waals surface area contributed by atoms with Crippen LogP contribution in [0.3, 0.4) is 0 Å². The highest BCUT2D eigenvalue weighted by molar-refractivity contribution is 6.12. The Hall–Kier alpha value is -1.88. The van der Waals surface area contributed by atoms with Crippen LogP contribution in [0.2, 0.25) is 0 Å². The van der Waals surface area contributed by atoms with Crippen molar-refractivity contribution in [1.82, 2.24) is 0 Å². The Bertz CT molecular complexity index is 486. The van der Waals surface area contributed by atoms with Crippen LogP contribution in [0.15, 0.2) is 30.3 Å². The highest BCUT2D eigenvalue weighted by atomic mass is 16.5. The Balaban J connectivity index is 2.23. The third-order valence-corrected chi connectivity index (χ3v) is 3.03. The standard InChI is InChI=1S/C15H19NO4/c1-4-19-15(18)12-13(20-10(2)3)14(17)16(12)11-8-6-5-7-9-11/h5-10,12-13H,4H2,1-3H3/t12-,13+/m1/s1. The zero-order valence-corrected chi connectivity index (χ0v) is 11.9. The van der Waals surface area contributed by atoms with E-state index in [9.17, 15) is 9.59 Å². The molecule has 0 radical (unpaired) electrons. The van der Waals surface area contributed by atoms with Crippen molar-refractivity contribution in [2.45, 2.75) is 39.0 Å². The normalized spacial score (nSPS) is 21.8. The molecule has 1 aliphatic heterocycles. The number of hydrogen-bond donors (Lipinski definition) is 0. The van der Waals surface area contributed by atoms with Crippen LogP contribution in [0.4, 0.5) is 5.69 Å². The number of carbonyl (C=O) groups excluding carboxylic acids is 2. The van der Waals surface area contributed by atoms with Gasteiger partial charge in [-0.25, -0.2) is 4.79 Å². The lowest BCUT2D eigenvalue weighted by Gasteiger charge is -2.45. The minimum Gasteiger partial charge on any atom is -0.464 e. The summed E-state index contributed by atoms with van der Waals surface area (Å²) in [5.41, 5.74) is 0.680. The molecule has 1 aromatic carbocycles. The summed E-state index contributed by atoms with van der Waals surface area (Å²) in [5.74, 6) is -0.635. The molecular weight excluding hydrogens is 258 g/mol. The van der Waals surface area contributed by atoms with Crippen molar-refractivity contribution in [2.75, 3.05) is 11.5 Å². The van der Waals surface area contributed by atoms with Crippen LogP contribution < -0.4 is 4.90 Å². The number of para-hydroxylation sites is 1. The molecule has 0 saturated carbocycles. The highest BCUT2D eigenvalue weighted by Gasteiger charge is 2.54. The molecule has 0 N–H and O–H groups in total. The summed E-state index contributed by atoms with van der Waals surface area (Å²) in [6, 6.07) is 8.37. The summed E-state index contributed by atoms with van der Waals surface area (Å²) >= 11 is 0. The summed E-state index contributed by atoms with van der Waals surface area (Å²) in [6.45, 7) is 5.69. The second-order valence-electron chi connectivity index (χ2n) is 4.85. The molecule has 1 amide bonds. The van der Waals surface area contributed by atoms with E-state index in [1.165, 1.54) is 4.90 Å². The fourth-order valence-electron chi connectivity index (χ4n) is 2.22. The monoisotopic (exact) mass is 277 g/mol. The number of β-lactam (4-membered cyclic amide) rings is 1. The lowest BCUT2D eigenvalue weighted by Crippen LogP contribution is -2.70. The number of hydrogen-bond acceptors (Lipinski definition) is 4. The van der Waals surface area contributed by atoms with Crippen molar-refractivity contribution in [1.29, 1.82) is 0 Å². The Morgan fingerprint density at radius 2 is 1.95 bits per heavy atom. The van der Waals surface area contributed by atoms with Gasteiger partial charge >= 0.3 is 5.97 Å². The molecule has 108 valence electrons. The van der Waals surface area contributed by atoms with Crippen molar-refractivity contribution in [3.63, 3.8) is 0 Å². The van der Waals surface area contributed by atoms with Crippen LogP contribution >= 0.6 is 0 Å². The first kappa shape index (κ1) is 14.5. The zero-order valence-electron chi connectivity index (χ0n) is 11.9. The van der Waals surface area contributed by atoms with Gasteiger partial charge in [0.2, 0.25) is 0 Å². The largest absolute Gasteiger partial charge is 0.464 e. The summed E-state index contributed by atoms with van der Waals surface area (Å²) in [7, 11) is 0. The van der Waals surface area contributed by atoms with Crippen LogP contribution in [-0.2, 0) is 19.1 Å². The lowest BCUT2D eigenvalue weighted by molar-refractivity contribution is -0.164. The highest BCUT2D eigenvalue weighted by Crippen LogP contribution is 2.31. The van der Waals surface area contributed by atoms with Crippen LogP contribution in [0.1, 0.15) is 20.8 Å². The van der Waals surface area contributed by atoms with Crippen LogP contribution in [0.5, 0.6) is 0 Å². The van der Waals surface area contributed by atoms with Gasteiger partial charge in [-0.05, 0) is 32.9 Å². The van der Waals surface area contributed by atoms with E-state index in [2.05, 4.69) is 0 Å². The smallest absolute Gasteiger partial charge is 0.332 e. The molecule has 5 heteroatoms. The Morgan fingerprint density at radius 1 is 1.30 bits per heavy atom. The van der Waals surface area contributed by atoms with Gasteiger partial charge in [-0.1, -0.05) is 18.2 Å². The van der Waals surface area contributed by atoms with Crippen LogP contribution in [-0.4, -0.2) is 36.7 Å². The molecule has 0 unspecified atom stereocenters. The third-order valence-electron chi connectivity index (χ3n) is 3.03. The zero-order chi connectivity index (χ0) is 14.7. The molecule has 1 aliphatic rings. The topological polar surface area (TPSA) is 55.8 Å². The molecule has 2 rings (SSSR count). The molecule has 1 aromatic rings. The molecule has 0 aliphatic carbocycles. The first-order valence-corrected chi connectivity index (χ1v) is 6.76. The van der Waals surface area contributed by atoms with Crippen molar-refractivity contribution < 1.29 is 19.1 Å². The SMILES string of the molecule is CCOC(=O)[C@H]1[C@H](OC(C)C)C(=O)N1c1ccccc1. The number of esters is 1. The maximum Gasteiger partial charge on any atom is 0.332 e. The fourth-order valence-corrected chi connectivity index (χ4v) is 2.22. The van der Waals surface area contributed by atoms with Crippen LogP contribution in [0, 0.1) is 0 Å². The van der Waals surface area contributed by atoms with Crippen molar-refractivity contribution in [3.8, 4) is 0 Å². The molecule has 0 aromatic heterocycles. The fraction of sp³-hybridized carbons (Fsp3) is 0.467. The maximum atomic E-state index is 12.2. The number of anilines is 1. The molecule has 0 bridgehead atoms. The second kappa shape index (κ2) is 6.05. The Kier molecular flexibility index (Phi) is 4.39. The van der Waals surface area contributed by atoms with Crippen LogP contribution in [0.25, 0.3) is 0 Å². The second-order valence-corrected chi connectivity index (χ2v) is 4.85. The van der Waals surface area contributed by atoms with Gasteiger partial charge in [0, 0.05) is 5.69 Å². The van der Waals surface area contributed by atoms with E-state index in [-0.39, 0.29) is 18.6 Å². The van der Waals surface area contributed by atoms with Gasteiger partial charge in [-0.3, -0.25) is 9.69 Å². The Labute approximate surface area is 118 Å². The van der Waals surface area contributed by atoms with Crippen molar-refractivity contribution in [3.05, 3.63) is 30.3 Å². The van der Waals surface area contributed by atoms with Gasteiger partial charge in [0.15, 0.2) is 12.1 Å². The number of carbonyl (C=O) groups is 2. The van der Waals surface area contributed by atoms with E-state index in [0.717, 1.165) is 0 Å². The summed E-state index contributed by atoms with van der Waals surface area (Å²) in [6.07, 6.45) is -0.881. The summed E-state index contributed by atoms with van der Waals surface area (Å²) in [5, 5.41) is 0. The van der Waals surface area contributed by atoms with Gasteiger partial charge < -0.3 is 9.47 Å². The number of benzene rings is 1. The lowest BCUT2D eigenvalue weighted by atomic mass is 9.96. The van der Waals surface area contributed by atoms with Crippen molar-refractivity contribution >= 4 is 17.6 Å². The molecule has 2 atom stereocenters. The van der Waals surface area contributed by atoms with E-state index in [1.807, 2.05) is 32.0 Å².